The number of nitro groups is 1. The number of nitrogens with one attached hydrogen (secondary N) is 1. The summed E-state index contributed by atoms with van der Waals surface area (Å²) >= 11 is 1.25. The lowest BCUT2D eigenvalue weighted by Gasteiger charge is -2.07. The molecular weight excluding hydrogens is 340 g/mol. The number of hydrogen-bond donors (Lipinski definition) is 1. The SMILES string of the molecule is Cc1nc2ccccc2nc1SCC(=O)Nc1ccccc1[N+](=O)[O-]. The summed E-state index contributed by atoms with van der Waals surface area (Å²) in [7, 11) is 0. The first-order valence-corrected chi connectivity index (χ1v) is 8.42. The molecule has 0 unspecified atom stereocenters. The molecule has 1 amide bonds. The number of carbonyl (C=O) groups excluding carboxylic acids is 1. The zero-order valence-corrected chi connectivity index (χ0v) is 14.1. The van der Waals surface area contributed by atoms with E-state index < -0.39 is 4.92 Å². The van der Waals surface area contributed by atoms with Crippen molar-refractivity contribution in [3.05, 3.63) is 64.3 Å². The molecule has 3 aromatic rings. The van der Waals surface area contributed by atoms with Crippen molar-refractivity contribution >= 4 is 40.1 Å². The van der Waals surface area contributed by atoms with Crippen LogP contribution in [0.5, 0.6) is 0 Å². The number of nitro benzene ring substituents is 1. The largest absolute Gasteiger partial charge is 0.320 e. The molecule has 1 aromatic heterocycles. The van der Waals surface area contributed by atoms with E-state index in [-0.39, 0.29) is 23.0 Å². The smallest absolute Gasteiger partial charge is 0.292 e. The average Bonchev–Trinajstić information content (AvgIpc) is 2.60. The van der Waals surface area contributed by atoms with E-state index in [4.69, 9.17) is 0 Å². The molecule has 0 fully saturated rings. The van der Waals surface area contributed by atoms with Crippen LogP contribution >= 0.6 is 11.8 Å². The Morgan fingerprint density at radius 1 is 1.12 bits per heavy atom. The summed E-state index contributed by atoms with van der Waals surface area (Å²) in [5.41, 5.74) is 2.34. The molecule has 0 spiro atoms. The third-order valence-electron chi connectivity index (χ3n) is 3.42. The van der Waals surface area contributed by atoms with Crippen molar-refractivity contribution in [2.45, 2.75) is 11.9 Å². The van der Waals surface area contributed by atoms with E-state index in [0.29, 0.717) is 5.03 Å². The number of rotatable bonds is 5. The Balaban J connectivity index is 1.71. The molecule has 1 N–H and O–H groups in total. The number of amides is 1. The van der Waals surface area contributed by atoms with Crippen molar-refractivity contribution in [2.75, 3.05) is 11.1 Å². The Bertz CT molecular complexity index is 962. The lowest BCUT2D eigenvalue weighted by molar-refractivity contribution is -0.383. The highest BCUT2D eigenvalue weighted by Crippen LogP contribution is 2.25. The molecular formula is C17H14N4O3S. The molecule has 0 aliphatic rings. The highest BCUT2D eigenvalue weighted by molar-refractivity contribution is 8.00. The van der Waals surface area contributed by atoms with Crippen LogP contribution in [-0.2, 0) is 4.79 Å². The Morgan fingerprint density at radius 2 is 1.76 bits per heavy atom. The van der Waals surface area contributed by atoms with Gasteiger partial charge in [0.2, 0.25) is 5.91 Å². The van der Waals surface area contributed by atoms with Crippen molar-refractivity contribution in [2.24, 2.45) is 0 Å². The minimum absolute atomic E-state index is 0.0832. The van der Waals surface area contributed by atoms with Crippen molar-refractivity contribution in [1.82, 2.24) is 9.97 Å². The van der Waals surface area contributed by atoms with Crippen LogP contribution in [0.1, 0.15) is 5.69 Å². The molecule has 25 heavy (non-hydrogen) atoms. The Hall–Kier alpha value is -3.00. The van der Waals surface area contributed by atoms with Crippen LogP contribution in [0.25, 0.3) is 11.0 Å². The van der Waals surface area contributed by atoms with Crippen LogP contribution in [0.4, 0.5) is 11.4 Å². The maximum atomic E-state index is 12.1. The van der Waals surface area contributed by atoms with Crippen LogP contribution in [0, 0.1) is 17.0 Å². The summed E-state index contributed by atoms with van der Waals surface area (Å²) in [4.78, 5) is 31.6. The molecule has 7 nitrogen and oxygen atoms in total. The predicted octanol–water partition coefficient (Wildman–Crippen LogP) is 3.58. The van der Waals surface area contributed by atoms with Crippen LogP contribution in [0.15, 0.2) is 53.6 Å². The first-order valence-electron chi connectivity index (χ1n) is 7.44. The van der Waals surface area contributed by atoms with Gasteiger partial charge in [0.15, 0.2) is 0 Å². The van der Waals surface area contributed by atoms with Crippen molar-refractivity contribution in [3.63, 3.8) is 0 Å². The molecule has 8 heteroatoms. The highest BCUT2D eigenvalue weighted by atomic mass is 32.2. The number of anilines is 1. The first kappa shape index (κ1) is 16.8. The van der Waals surface area contributed by atoms with Gasteiger partial charge in [0.05, 0.1) is 27.4 Å². The van der Waals surface area contributed by atoms with E-state index in [9.17, 15) is 14.9 Å². The molecule has 0 saturated carbocycles. The number of carbonyl (C=O) groups is 1. The predicted molar refractivity (Wildman–Crippen MR) is 96.7 cm³/mol. The summed E-state index contributed by atoms with van der Waals surface area (Å²) in [6.07, 6.45) is 0. The Kier molecular flexibility index (Phi) is 4.90. The summed E-state index contributed by atoms with van der Waals surface area (Å²) in [5.74, 6) is -0.256. The summed E-state index contributed by atoms with van der Waals surface area (Å²) in [6, 6.07) is 13.5. The van der Waals surface area contributed by atoms with Gasteiger partial charge >= 0.3 is 0 Å². The zero-order valence-electron chi connectivity index (χ0n) is 13.3. The van der Waals surface area contributed by atoms with Crippen LogP contribution in [0.3, 0.4) is 0 Å². The Morgan fingerprint density at radius 3 is 2.48 bits per heavy atom. The van der Waals surface area contributed by atoms with Crippen LogP contribution in [0.2, 0.25) is 0 Å². The van der Waals surface area contributed by atoms with Crippen LogP contribution in [-0.4, -0.2) is 26.6 Å². The monoisotopic (exact) mass is 354 g/mol. The maximum Gasteiger partial charge on any atom is 0.292 e. The standard InChI is InChI=1S/C17H14N4O3S/c1-11-17(20-13-7-3-2-6-12(13)18-11)25-10-16(22)19-14-8-4-5-9-15(14)21(23)24/h2-9H,10H2,1H3,(H,19,22). The molecule has 126 valence electrons. The fraction of sp³-hybridized carbons (Fsp3) is 0.118. The third kappa shape index (κ3) is 3.92. The molecule has 0 atom stereocenters. The van der Waals surface area contributed by atoms with E-state index >= 15 is 0 Å². The minimum Gasteiger partial charge on any atom is -0.320 e. The molecule has 0 aliphatic heterocycles. The number of nitrogens with zero attached hydrogens (tertiary/aromatic N) is 3. The number of hydrogen-bond acceptors (Lipinski definition) is 6. The maximum absolute atomic E-state index is 12.1. The quantitative estimate of drug-likeness (QED) is 0.427. The van der Waals surface area contributed by atoms with Crippen LogP contribution < -0.4 is 5.32 Å². The van der Waals surface area contributed by atoms with Gasteiger partial charge in [0, 0.05) is 6.07 Å². The number of aromatic nitrogens is 2. The second kappa shape index (κ2) is 7.27. The van der Waals surface area contributed by atoms with Gasteiger partial charge in [-0.15, -0.1) is 0 Å². The van der Waals surface area contributed by atoms with Gasteiger partial charge in [-0.2, -0.15) is 0 Å². The van der Waals surface area contributed by atoms with Crippen molar-refractivity contribution in [1.29, 1.82) is 0 Å². The minimum atomic E-state index is -0.526. The van der Waals surface area contributed by atoms with Gasteiger partial charge in [0.1, 0.15) is 10.7 Å². The molecule has 0 saturated heterocycles. The van der Waals surface area contributed by atoms with Gasteiger partial charge in [-0.05, 0) is 25.1 Å². The number of para-hydroxylation sites is 4. The zero-order chi connectivity index (χ0) is 17.8. The normalized spacial score (nSPS) is 10.6. The number of benzene rings is 2. The number of aryl methyl sites for hydroxylation is 1. The van der Waals surface area contributed by atoms with E-state index in [1.54, 1.807) is 12.1 Å². The van der Waals surface area contributed by atoms with Gasteiger partial charge in [-0.3, -0.25) is 14.9 Å². The van der Waals surface area contributed by atoms with Crippen molar-refractivity contribution in [3.8, 4) is 0 Å². The molecule has 0 aliphatic carbocycles. The molecule has 3 rings (SSSR count). The van der Waals surface area contributed by atoms with Gasteiger partial charge in [-0.1, -0.05) is 36.0 Å². The Labute approximate surface area is 147 Å². The molecule has 0 radical (unpaired) electrons. The summed E-state index contributed by atoms with van der Waals surface area (Å²) in [5, 5.41) is 14.2. The molecule has 1 heterocycles. The fourth-order valence-electron chi connectivity index (χ4n) is 2.27. The van der Waals surface area contributed by atoms with E-state index in [0.717, 1.165) is 16.7 Å². The summed E-state index contributed by atoms with van der Waals surface area (Å²) in [6.45, 7) is 1.84. The van der Waals surface area contributed by atoms with E-state index in [1.165, 1.54) is 23.9 Å². The summed E-state index contributed by atoms with van der Waals surface area (Å²) < 4.78 is 0. The topological polar surface area (TPSA) is 98.0 Å². The lowest BCUT2D eigenvalue weighted by Crippen LogP contribution is -2.15. The molecule has 2 aromatic carbocycles. The first-order chi connectivity index (χ1) is 12.0. The fourth-order valence-corrected chi connectivity index (χ4v) is 3.02. The van der Waals surface area contributed by atoms with Crippen molar-refractivity contribution < 1.29 is 9.72 Å². The average molecular weight is 354 g/mol. The third-order valence-corrected chi connectivity index (χ3v) is 4.48. The van der Waals surface area contributed by atoms with Gasteiger partial charge in [-0.25, -0.2) is 9.97 Å². The van der Waals surface area contributed by atoms with E-state index in [2.05, 4.69) is 15.3 Å². The van der Waals surface area contributed by atoms with Gasteiger partial charge in [0.25, 0.3) is 5.69 Å². The number of thioether (sulfide) groups is 1. The lowest BCUT2D eigenvalue weighted by atomic mass is 10.2. The van der Waals surface area contributed by atoms with Gasteiger partial charge < -0.3 is 5.32 Å². The molecule has 0 bridgehead atoms. The second-order valence-corrected chi connectivity index (χ2v) is 6.18. The number of fused-ring (bicyclic) bond motifs is 1. The highest BCUT2D eigenvalue weighted by Gasteiger charge is 2.15. The second-order valence-electron chi connectivity index (χ2n) is 5.21. The van der Waals surface area contributed by atoms with E-state index in [1.807, 2.05) is 31.2 Å².